The molecule has 1 aliphatic rings. The molecule has 1 fully saturated rings. The van der Waals surface area contributed by atoms with E-state index in [1.54, 1.807) is 24.4 Å². The first-order chi connectivity index (χ1) is 12.6. The fourth-order valence-corrected chi connectivity index (χ4v) is 3.82. The number of amides is 1. The molecular formula is C19H23Cl2N3O2. The summed E-state index contributed by atoms with van der Waals surface area (Å²) in [6.45, 7) is 5.04. The number of hydrogen-bond donors (Lipinski definition) is 1. The van der Waals surface area contributed by atoms with E-state index < -0.39 is 0 Å². The molecule has 1 atom stereocenters. The van der Waals surface area contributed by atoms with E-state index in [2.05, 4.69) is 22.1 Å². The number of carbonyl (C=O) groups is 1. The number of rotatable bonds is 7. The van der Waals surface area contributed by atoms with Gasteiger partial charge in [0.05, 0.1) is 11.2 Å². The highest BCUT2D eigenvalue weighted by Crippen LogP contribution is 2.30. The third kappa shape index (κ3) is 4.78. The molecule has 1 unspecified atom stereocenters. The Bertz CT molecular complexity index is 763. The van der Waals surface area contributed by atoms with E-state index in [0.717, 1.165) is 25.1 Å². The Hall–Kier alpha value is -1.56. The minimum Gasteiger partial charge on any atom is -0.441 e. The normalized spacial score (nSPS) is 17.6. The predicted molar refractivity (Wildman–Crippen MR) is 104 cm³/mol. The van der Waals surface area contributed by atoms with Crippen molar-refractivity contribution >= 4 is 29.1 Å². The highest BCUT2D eigenvalue weighted by atomic mass is 35.5. The van der Waals surface area contributed by atoms with E-state index in [-0.39, 0.29) is 5.91 Å². The smallest absolute Gasteiger partial charge is 0.220 e. The molecule has 1 N–H and O–H groups in total. The van der Waals surface area contributed by atoms with Crippen molar-refractivity contribution in [2.45, 2.75) is 38.6 Å². The van der Waals surface area contributed by atoms with Crippen LogP contribution in [0.2, 0.25) is 10.0 Å². The third-order valence-corrected chi connectivity index (χ3v) is 5.30. The van der Waals surface area contributed by atoms with Crippen LogP contribution in [0.25, 0.3) is 11.3 Å². The molecule has 1 aromatic carbocycles. The van der Waals surface area contributed by atoms with E-state index in [1.807, 2.05) is 0 Å². The summed E-state index contributed by atoms with van der Waals surface area (Å²) in [5, 5.41) is 4.10. The molecule has 1 amide bonds. The van der Waals surface area contributed by atoms with E-state index in [9.17, 15) is 4.79 Å². The summed E-state index contributed by atoms with van der Waals surface area (Å²) < 4.78 is 5.73. The number of likely N-dealkylation sites (tertiary alicyclic amines) is 1. The van der Waals surface area contributed by atoms with Crippen molar-refractivity contribution in [3.63, 3.8) is 0 Å². The summed E-state index contributed by atoms with van der Waals surface area (Å²) in [7, 11) is 0. The second-order valence-electron chi connectivity index (χ2n) is 6.47. The Balaban J connectivity index is 1.49. The first-order valence-electron chi connectivity index (χ1n) is 8.97. The first-order valence-corrected chi connectivity index (χ1v) is 9.73. The third-order valence-electron chi connectivity index (χ3n) is 4.76. The number of nitrogens with one attached hydrogen (secondary N) is 1. The number of hydrogen-bond acceptors (Lipinski definition) is 4. The minimum absolute atomic E-state index is 0.0252. The van der Waals surface area contributed by atoms with E-state index >= 15 is 0 Å². The topological polar surface area (TPSA) is 58.4 Å². The van der Waals surface area contributed by atoms with Gasteiger partial charge in [0.1, 0.15) is 0 Å². The van der Waals surface area contributed by atoms with Crippen LogP contribution in [0.15, 0.2) is 28.8 Å². The highest BCUT2D eigenvalue weighted by Gasteiger charge is 2.23. The minimum atomic E-state index is 0.0252. The van der Waals surface area contributed by atoms with Crippen LogP contribution in [0.3, 0.4) is 0 Å². The monoisotopic (exact) mass is 395 g/mol. The van der Waals surface area contributed by atoms with Gasteiger partial charge >= 0.3 is 0 Å². The zero-order chi connectivity index (χ0) is 18.5. The molecule has 0 aliphatic carbocycles. The fourth-order valence-electron chi connectivity index (χ4n) is 3.32. The van der Waals surface area contributed by atoms with Crippen LogP contribution in [-0.4, -0.2) is 41.5 Å². The Morgan fingerprint density at radius 2 is 2.27 bits per heavy atom. The van der Waals surface area contributed by atoms with Crippen molar-refractivity contribution in [3.8, 4) is 11.3 Å². The van der Waals surface area contributed by atoms with Crippen LogP contribution in [0, 0.1) is 0 Å². The molecule has 26 heavy (non-hydrogen) atoms. The first kappa shape index (κ1) is 19.2. The van der Waals surface area contributed by atoms with Crippen molar-refractivity contribution in [2.24, 2.45) is 0 Å². The summed E-state index contributed by atoms with van der Waals surface area (Å²) in [6, 6.07) is 5.67. The van der Waals surface area contributed by atoms with E-state index in [0.29, 0.717) is 47.1 Å². The lowest BCUT2D eigenvalue weighted by Gasteiger charge is -2.22. The molecule has 0 radical (unpaired) electrons. The number of oxazole rings is 1. The van der Waals surface area contributed by atoms with Gasteiger partial charge in [0.2, 0.25) is 5.91 Å². The summed E-state index contributed by atoms with van der Waals surface area (Å²) in [4.78, 5) is 18.8. The van der Waals surface area contributed by atoms with Crippen molar-refractivity contribution in [1.82, 2.24) is 15.2 Å². The molecule has 1 aliphatic heterocycles. The van der Waals surface area contributed by atoms with Crippen LogP contribution in [0.4, 0.5) is 0 Å². The van der Waals surface area contributed by atoms with Gasteiger partial charge in [-0.25, -0.2) is 4.98 Å². The van der Waals surface area contributed by atoms with Gasteiger partial charge in [0.25, 0.3) is 0 Å². The maximum absolute atomic E-state index is 12.1. The second kappa shape index (κ2) is 8.89. The number of likely N-dealkylation sites (N-methyl/N-ethyl adjacent to an activating group) is 1. The van der Waals surface area contributed by atoms with Crippen LogP contribution in [-0.2, 0) is 11.2 Å². The van der Waals surface area contributed by atoms with Crippen LogP contribution in [0.1, 0.15) is 32.1 Å². The van der Waals surface area contributed by atoms with Crippen LogP contribution in [0.5, 0.6) is 0 Å². The summed E-state index contributed by atoms with van der Waals surface area (Å²) in [6.07, 6.45) is 4.80. The van der Waals surface area contributed by atoms with Gasteiger partial charge in [-0.05, 0) is 44.1 Å². The fraction of sp³-hybridized carbons (Fsp3) is 0.474. The zero-order valence-electron chi connectivity index (χ0n) is 14.8. The molecule has 1 saturated heterocycles. The Kier molecular flexibility index (Phi) is 6.57. The zero-order valence-corrected chi connectivity index (χ0v) is 16.3. The predicted octanol–water partition coefficient (Wildman–Crippen LogP) is 4.18. The molecular weight excluding hydrogens is 373 g/mol. The summed E-state index contributed by atoms with van der Waals surface area (Å²) in [5.74, 6) is 1.13. The van der Waals surface area contributed by atoms with Gasteiger partial charge < -0.3 is 9.73 Å². The van der Waals surface area contributed by atoms with Crippen LogP contribution >= 0.6 is 23.2 Å². The van der Waals surface area contributed by atoms with Crippen molar-refractivity contribution < 1.29 is 9.21 Å². The van der Waals surface area contributed by atoms with E-state index in [1.165, 1.54) is 6.42 Å². The molecule has 5 nitrogen and oxygen atoms in total. The van der Waals surface area contributed by atoms with Crippen molar-refractivity contribution in [2.75, 3.05) is 19.6 Å². The molecule has 2 aromatic rings. The van der Waals surface area contributed by atoms with Gasteiger partial charge in [-0.1, -0.05) is 30.1 Å². The average molecular weight is 396 g/mol. The Labute approximate surface area is 163 Å². The number of benzene rings is 1. The Morgan fingerprint density at radius 3 is 3.04 bits per heavy atom. The molecule has 2 heterocycles. The second-order valence-corrected chi connectivity index (χ2v) is 7.31. The number of aryl methyl sites for hydroxylation is 1. The maximum atomic E-state index is 12.1. The number of nitrogens with zero attached hydrogens (tertiary/aromatic N) is 2. The maximum Gasteiger partial charge on any atom is 0.220 e. The van der Waals surface area contributed by atoms with Gasteiger partial charge in [-0.15, -0.1) is 0 Å². The Morgan fingerprint density at radius 1 is 1.42 bits per heavy atom. The standard InChI is InChI=1S/C19H23Cl2N3O2/c1-2-24-9-3-4-14(24)11-22-18(25)7-8-19-23-12-17(26-19)15-6-5-13(20)10-16(15)21/h5-6,10,12,14H,2-4,7-9,11H2,1H3,(H,22,25). The molecule has 140 valence electrons. The molecule has 0 spiro atoms. The SMILES string of the molecule is CCN1CCCC1CNC(=O)CCc1ncc(-c2ccc(Cl)cc2Cl)o1. The number of halogens is 2. The van der Waals surface area contributed by atoms with E-state index in [4.69, 9.17) is 27.6 Å². The largest absolute Gasteiger partial charge is 0.441 e. The number of carbonyl (C=O) groups excluding carboxylic acids is 1. The van der Waals surface area contributed by atoms with Crippen molar-refractivity contribution in [3.05, 3.63) is 40.3 Å². The molecule has 3 rings (SSSR count). The van der Waals surface area contributed by atoms with Gasteiger partial charge in [0.15, 0.2) is 11.7 Å². The average Bonchev–Trinajstić information content (AvgIpc) is 3.27. The molecule has 0 saturated carbocycles. The summed E-state index contributed by atoms with van der Waals surface area (Å²) in [5.41, 5.74) is 0.736. The van der Waals surface area contributed by atoms with Gasteiger partial charge in [-0.2, -0.15) is 0 Å². The molecule has 7 heteroatoms. The van der Waals surface area contributed by atoms with Gasteiger partial charge in [0, 0.05) is 36.0 Å². The highest BCUT2D eigenvalue weighted by molar-refractivity contribution is 6.36. The number of aromatic nitrogens is 1. The lowest BCUT2D eigenvalue weighted by molar-refractivity contribution is -0.121. The van der Waals surface area contributed by atoms with Gasteiger partial charge in [-0.3, -0.25) is 9.69 Å². The van der Waals surface area contributed by atoms with Crippen molar-refractivity contribution in [1.29, 1.82) is 0 Å². The summed E-state index contributed by atoms with van der Waals surface area (Å²) >= 11 is 12.1. The molecule has 1 aromatic heterocycles. The lowest BCUT2D eigenvalue weighted by atomic mass is 10.2. The van der Waals surface area contributed by atoms with Crippen LogP contribution < -0.4 is 5.32 Å². The lowest BCUT2D eigenvalue weighted by Crippen LogP contribution is -2.40. The molecule has 0 bridgehead atoms. The quantitative estimate of drug-likeness (QED) is 0.763.